The van der Waals surface area contributed by atoms with Crippen molar-refractivity contribution < 1.29 is 17.9 Å². The van der Waals surface area contributed by atoms with E-state index in [0.29, 0.717) is 13.1 Å². The van der Waals surface area contributed by atoms with Crippen molar-refractivity contribution in [3.8, 4) is 5.75 Å². The lowest BCUT2D eigenvalue weighted by atomic mass is 9.97. The van der Waals surface area contributed by atoms with Crippen LogP contribution in [0.5, 0.6) is 5.75 Å². The van der Waals surface area contributed by atoms with Gasteiger partial charge < -0.3 is 4.74 Å². The van der Waals surface area contributed by atoms with Gasteiger partial charge in [-0.05, 0) is 26.1 Å². The number of likely N-dealkylation sites (N-methyl/N-ethyl adjacent to an activating group) is 1. The molecule has 0 saturated carbocycles. The van der Waals surface area contributed by atoms with Crippen LogP contribution in [0, 0.1) is 17.5 Å². The second kappa shape index (κ2) is 3.66. The minimum atomic E-state index is -1.27. The molecule has 2 nitrogen and oxygen atoms in total. The summed E-state index contributed by atoms with van der Waals surface area (Å²) in [6, 6.07) is 1.60. The Hall–Kier alpha value is -1.23. The first-order valence-electron chi connectivity index (χ1n) is 4.92. The quantitative estimate of drug-likeness (QED) is 0.723. The van der Waals surface area contributed by atoms with E-state index in [-0.39, 0.29) is 0 Å². The Bertz CT molecular complexity index is 416. The molecule has 16 heavy (non-hydrogen) atoms. The average Bonchev–Trinajstić information content (AvgIpc) is 2.17. The number of halogens is 3. The van der Waals surface area contributed by atoms with Crippen LogP contribution in [0.25, 0.3) is 0 Å². The Kier molecular flexibility index (Phi) is 2.58. The predicted molar refractivity (Wildman–Crippen MR) is 52.8 cm³/mol. The van der Waals surface area contributed by atoms with E-state index in [2.05, 4.69) is 0 Å². The molecule has 1 aromatic carbocycles. The van der Waals surface area contributed by atoms with Crippen molar-refractivity contribution in [3.63, 3.8) is 0 Å². The summed E-state index contributed by atoms with van der Waals surface area (Å²) in [5.41, 5.74) is -0.649. The van der Waals surface area contributed by atoms with Crippen LogP contribution >= 0.6 is 0 Å². The lowest BCUT2D eigenvalue weighted by molar-refractivity contribution is -0.0542. The van der Waals surface area contributed by atoms with Gasteiger partial charge >= 0.3 is 0 Å². The fourth-order valence-electron chi connectivity index (χ4n) is 2.01. The Morgan fingerprint density at radius 2 is 1.75 bits per heavy atom. The predicted octanol–water partition coefficient (Wildman–Crippen LogP) is 2.19. The van der Waals surface area contributed by atoms with Gasteiger partial charge in [0.1, 0.15) is 5.60 Å². The van der Waals surface area contributed by atoms with Crippen molar-refractivity contribution in [1.29, 1.82) is 0 Å². The minimum absolute atomic E-state index is 0.558. The van der Waals surface area contributed by atoms with Gasteiger partial charge in [0.15, 0.2) is 17.4 Å². The topological polar surface area (TPSA) is 12.5 Å². The number of likely N-dealkylation sites (tertiary alicyclic amines) is 1. The molecule has 0 atom stereocenters. The van der Waals surface area contributed by atoms with Crippen molar-refractivity contribution in [2.24, 2.45) is 0 Å². The standard InChI is InChI=1S/C11H12F3NO/c1-11(5-15(2)6-11)16-10-8(13)4-3-7(12)9(10)14/h3-4H,5-6H2,1-2H3. The van der Waals surface area contributed by atoms with Crippen molar-refractivity contribution in [2.45, 2.75) is 12.5 Å². The molecule has 1 aliphatic heterocycles. The first-order valence-corrected chi connectivity index (χ1v) is 4.92. The molecule has 0 radical (unpaired) electrons. The van der Waals surface area contributed by atoms with E-state index in [9.17, 15) is 13.2 Å². The molecule has 0 amide bonds. The second-order valence-corrected chi connectivity index (χ2v) is 4.40. The normalized spacial score (nSPS) is 19.3. The Morgan fingerprint density at radius 1 is 1.19 bits per heavy atom. The van der Waals surface area contributed by atoms with Gasteiger partial charge in [0.2, 0.25) is 5.82 Å². The number of hydrogen-bond donors (Lipinski definition) is 0. The molecule has 2 rings (SSSR count). The molecule has 0 N–H and O–H groups in total. The number of benzene rings is 1. The summed E-state index contributed by atoms with van der Waals surface area (Å²) in [5.74, 6) is -3.88. The van der Waals surface area contributed by atoms with Crippen LogP contribution in [0.3, 0.4) is 0 Å². The van der Waals surface area contributed by atoms with Crippen LogP contribution in [0.15, 0.2) is 12.1 Å². The average molecular weight is 231 g/mol. The molecule has 0 unspecified atom stereocenters. The van der Waals surface area contributed by atoms with Gasteiger partial charge in [-0.2, -0.15) is 4.39 Å². The van der Waals surface area contributed by atoms with Crippen LogP contribution in [0.4, 0.5) is 13.2 Å². The summed E-state index contributed by atoms with van der Waals surface area (Å²) in [4.78, 5) is 1.94. The lowest BCUT2D eigenvalue weighted by Gasteiger charge is -2.45. The molecule has 0 bridgehead atoms. The number of hydrogen-bond acceptors (Lipinski definition) is 2. The van der Waals surface area contributed by atoms with E-state index in [4.69, 9.17) is 4.74 Å². The maximum absolute atomic E-state index is 13.3. The molecule has 0 spiro atoms. The van der Waals surface area contributed by atoms with Crippen LogP contribution in [-0.4, -0.2) is 30.6 Å². The zero-order valence-corrected chi connectivity index (χ0v) is 9.06. The Morgan fingerprint density at radius 3 is 2.31 bits per heavy atom. The molecule has 1 heterocycles. The Labute approximate surface area is 91.6 Å². The molecule has 5 heteroatoms. The van der Waals surface area contributed by atoms with Crippen LogP contribution < -0.4 is 4.74 Å². The van der Waals surface area contributed by atoms with Gasteiger partial charge in [0, 0.05) is 13.1 Å². The summed E-state index contributed by atoms with van der Waals surface area (Å²) >= 11 is 0. The van der Waals surface area contributed by atoms with Gasteiger partial charge in [0.25, 0.3) is 0 Å². The summed E-state index contributed by atoms with van der Waals surface area (Å²) in [7, 11) is 1.86. The fraction of sp³-hybridized carbons (Fsp3) is 0.455. The fourth-order valence-corrected chi connectivity index (χ4v) is 2.01. The number of rotatable bonds is 2. The van der Waals surface area contributed by atoms with E-state index < -0.39 is 28.8 Å². The summed E-state index contributed by atoms with van der Waals surface area (Å²) < 4.78 is 44.7. The largest absolute Gasteiger partial charge is 0.479 e. The molecule has 1 fully saturated rings. The lowest BCUT2D eigenvalue weighted by Crippen LogP contribution is -2.61. The summed E-state index contributed by atoms with van der Waals surface area (Å²) in [5, 5.41) is 0. The number of nitrogens with zero attached hydrogens (tertiary/aromatic N) is 1. The third-order valence-electron chi connectivity index (χ3n) is 2.56. The molecular weight excluding hydrogens is 219 g/mol. The zero-order valence-electron chi connectivity index (χ0n) is 9.06. The van der Waals surface area contributed by atoms with Crippen LogP contribution in [-0.2, 0) is 0 Å². The van der Waals surface area contributed by atoms with Crippen molar-refractivity contribution in [1.82, 2.24) is 4.90 Å². The van der Waals surface area contributed by atoms with Gasteiger partial charge in [0.05, 0.1) is 0 Å². The first-order chi connectivity index (χ1) is 7.41. The van der Waals surface area contributed by atoms with Crippen molar-refractivity contribution >= 4 is 0 Å². The van der Waals surface area contributed by atoms with Gasteiger partial charge in [-0.25, -0.2) is 8.78 Å². The first kappa shape index (κ1) is 11.3. The maximum Gasteiger partial charge on any atom is 0.203 e. The molecular formula is C11H12F3NO. The summed E-state index contributed by atoms with van der Waals surface area (Å²) in [6.45, 7) is 2.85. The monoisotopic (exact) mass is 231 g/mol. The van der Waals surface area contributed by atoms with Gasteiger partial charge in [-0.3, -0.25) is 4.90 Å². The van der Waals surface area contributed by atoms with E-state index in [0.717, 1.165) is 12.1 Å². The molecule has 0 aliphatic carbocycles. The highest BCUT2D eigenvalue weighted by Gasteiger charge is 2.40. The van der Waals surface area contributed by atoms with E-state index >= 15 is 0 Å². The van der Waals surface area contributed by atoms with E-state index in [1.54, 1.807) is 6.92 Å². The molecule has 88 valence electrons. The SMILES string of the molecule is CN1CC(C)(Oc2c(F)ccc(F)c2F)C1. The number of ether oxygens (including phenoxy) is 1. The van der Waals surface area contributed by atoms with Crippen LogP contribution in [0.2, 0.25) is 0 Å². The highest BCUT2D eigenvalue weighted by Crippen LogP contribution is 2.31. The highest BCUT2D eigenvalue weighted by molar-refractivity contribution is 5.28. The second-order valence-electron chi connectivity index (χ2n) is 4.40. The molecule has 1 aromatic rings. The molecule has 0 aromatic heterocycles. The smallest absolute Gasteiger partial charge is 0.203 e. The Balaban J connectivity index is 2.25. The minimum Gasteiger partial charge on any atom is -0.479 e. The molecule has 1 aliphatic rings. The van der Waals surface area contributed by atoms with E-state index in [1.165, 1.54) is 0 Å². The maximum atomic E-state index is 13.3. The third-order valence-corrected chi connectivity index (χ3v) is 2.56. The van der Waals surface area contributed by atoms with Gasteiger partial charge in [-0.15, -0.1) is 0 Å². The van der Waals surface area contributed by atoms with Crippen molar-refractivity contribution in [3.05, 3.63) is 29.6 Å². The van der Waals surface area contributed by atoms with Gasteiger partial charge in [-0.1, -0.05) is 0 Å². The third kappa shape index (κ3) is 1.87. The summed E-state index contributed by atoms with van der Waals surface area (Å²) in [6.07, 6.45) is 0. The molecule has 1 saturated heterocycles. The van der Waals surface area contributed by atoms with E-state index in [1.807, 2.05) is 11.9 Å². The highest BCUT2D eigenvalue weighted by atomic mass is 19.2. The zero-order chi connectivity index (χ0) is 11.9. The van der Waals surface area contributed by atoms with Crippen molar-refractivity contribution in [2.75, 3.05) is 20.1 Å². The van der Waals surface area contributed by atoms with Crippen LogP contribution in [0.1, 0.15) is 6.92 Å².